The Morgan fingerprint density at radius 3 is 2.95 bits per heavy atom. The van der Waals surface area contributed by atoms with Crippen LogP contribution in [0.4, 0.5) is 4.39 Å². The van der Waals surface area contributed by atoms with Crippen LogP contribution in [0.25, 0.3) is 10.6 Å². The maximum atomic E-state index is 14.0. The Hall–Kier alpha value is -1.53. The van der Waals surface area contributed by atoms with Crippen LogP contribution < -0.4 is 10.1 Å². The molecule has 1 N–H and O–H groups in total. The normalized spacial score (nSPS) is 14.4. The van der Waals surface area contributed by atoms with E-state index in [1.807, 2.05) is 0 Å². The number of rotatable bonds is 7. The Bertz CT molecular complexity index is 613. The summed E-state index contributed by atoms with van der Waals surface area (Å²) in [4.78, 5) is 0. The second kappa shape index (κ2) is 6.49. The van der Waals surface area contributed by atoms with Crippen LogP contribution in [0.5, 0.6) is 5.75 Å². The van der Waals surface area contributed by atoms with Crippen LogP contribution in [-0.4, -0.2) is 29.9 Å². The lowest BCUT2D eigenvalue weighted by Gasteiger charge is -2.02. The average molecular weight is 307 g/mol. The number of ether oxygens (including phenoxy) is 1. The topological polar surface area (TPSA) is 47.0 Å². The summed E-state index contributed by atoms with van der Waals surface area (Å²) in [5, 5.41) is 13.3. The van der Waals surface area contributed by atoms with Crippen LogP contribution in [0.3, 0.4) is 0 Å². The van der Waals surface area contributed by atoms with E-state index in [-0.39, 0.29) is 5.82 Å². The minimum absolute atomic E-state index is 0.326. The van der Waals surface area contributed by atoms with Crippen LogP contribution in [0.2, 0.25) is 0 Å². The van der Waals surface area contributed by atoms with Gasteiger partial charge >= 0.3 is 0 Å². The lowest BCUT2D eigenvalue weighted by atomic mass is 10.2. The molecule has 0 atom stereocenters. The fourth-order valence-corrected chi connectivity index (χ4v) is 3.00. The highest BCUT2D eigenvalue weighted by atomic mass is 32.1. The van der Waals surface area contributed by atoms with E-state index in [0.717, 1.165) is 30.4 Å². The summed E-state index contributed by atoms with van der Waals surface area (Å²) < 4.78 is 19.0. The summed E-state index contributed by atoms with van der Waals surface area (Å²) >= 11 is 1.46. The summed E-state index contributed by atoms with van der Waals surface area (Å²) in [6, 6.07) is 5.53. The third kappa shape index (κ3) is 3.77. The van der Waals surface area contributed by atoms with Crippen LogP contribution in [0.1, 0.15) is 24.3 Å². The number of aromatic nitrogens is 2. The van der Waals surface area contributed by atoms with E-state index in [2.05, 4.69) is 15.5 Å². The number of halogens is 1. The van der Waals surface area contributed by atoms with Crippen molar-refractivity contribution in [2.45, 2.75) is 31.7 Å². The number of nitrogens with zero attached hydrogens (tertiary/aromatic N) is 2. The number of benzene rings is 1. The predicted octanol–water partition coefficient (Wildman–Crippen LogP) is 3.04. The standard InChI is InChI=1S/C15H18FN3OS/c1-20-11-6-7-12(13(16)9-11)15-19-18-14(21-15)3-2-8-17-10-4-5-10/h6-7,9-10,17H,2-5,8H2,1H3. The molecule has 2 aromatic rings. The first-order valence-electron chi connectivity index (χ1n) is 7.16. The van der Waals surface area contributed by atoms with Gasteiger partial charge in [-0.2, -0.15) is 0 Å². The van der Waals surface area contributed by atoms with E-state index in [4.69, 9.17) is 4.74 Å². The van der Waals surface area contributed by atoms with Gasteiger partial charge in [0.1, 0.15) is 16.6 Å². The Morgan fingerprint density at radius 2 is 2.24 bits per heavy atom. The zero-order valence-corrected chi connectivity index (χ0v) is 12.8. The second-order valence-corrected chi connectivity index (χ2v) is 6.24. The quantitative estimate of drug-likeness (QED) is 0.799. The van der Waals surface area contributed by atoms with Gasteiger partial charge in [-0.1, -0.05) is 11.3 Å². The minimum atomic E-state index is -0.326. The summed E-state index contributed by atoms with van der Waals surface area (Å²) in [5.41, 5.74) is 0.482. The lowest BCUT2D eigenvalue weighted by molar-refractivity contribution is 0.411. The Kier molecular flexibility index (Phi) is 4.45. The summed E-state index contributed by atoms with van der Waals surface area (Å²) in [6.45, 7) is 1.01. The summed E-state index contributed by atoms with van der Waals surface area (Å²) in [5.74, 6) is 0.180. The van der Waals surface area contributed by atoms with Crippen molar-refractivity contribution in [2.24, 2.45) is 0 Å². The van der Waals surface area contributed by atoms with Gasteiger partial charge in [-0.05, 0) is 37.9 Å². The molecule has 1 aliphatic rings. The van der Waals surface area contributed by atoms with Crippen LogP contribution in [0, 0.1) is 5.82 Å². The molecule has 21 heavy (non-hydrogen) atoms. The maximum Gasteiger partial charge on any atom is 0.150 e. The van der Waals surface area contributed by atoms with Gasteiger partial charge in [0.25, 0.3) is 0 Å². The molecule has 1 fully saturated rings. The van der Waals surface area contributed by atoms with E-state index in [1.165, 1.54) is 37.4 Å². The third-order valence-corrected chi connectivity index (χ3v) is 4.47. The molecule has 0 spiro atoms. The van der Waals surface area contributed by atoms with Crippen molar-refractivity contribution in [1.82, 2.24) is 15.5 Å². The highest BCUT2D eigenvalue weighted by Crippen LogP contribution is 2.29. The molecule has 1 saturated carbocycles. The van der Waals surface area contributed by atoms with E-state index in [9.17, 15) is 4.39 Å². The molecule has 112 valence electrons. The second-order valence-electron chi connectivity index (χ2n) is 5.18. The SMILES string of the molecule is COc1ccc(-c2nnc(CCCNC3CC3)s2)c(F)c1. The molecule has 1 aromatic carbocycles. The highest BCUT2D eigenvalue weighted by Gasteiger charge is 2.19. The smallest absolute Gasteiger partial charge is 0.150 e. The van der Waals surface area contributed by atoms with E-state index < -0.39 is 0 Å². The molecule has 1 aromatic heterocycles. The van der Waals surface area contributed by atoms with E-state index in [1.54, 1.807) is 12.1 Å². The number of hydrogen-bond donors (Lipinski definition) is 1. The molecule has 0 aliphatic heterocycles. The monoisotopic (exact) mass is 307 g/mol. The zero-order valence-electron chi connectivity index (χ0n) is 11.9. The highest BCUT2D eigenvalue weighted by molar-refractivity contribution is 7.14. The molecule has 0 amide bonds. The number of hydrogen-bond acceptors (Lipinski definition) is 5. The predicted molar refractivity (Wildman–Crippen MR) is 81.2 cm³/mol. The summed E-state index contributed by atoms with van der Waals surface area (Å²) in [7, 11) is 1.52. The van der Waals surface area contributed by atoms with Crippen molar-refractivity contribution >= 4 is 11.3 Å². The van der Waals surface area contributed by atoms with Gasteiger partial charge in [0.05, 0.1) is 7.11 Å². The Morgan fingerprint density at radius 1 is 1.38 bits per heavy atom. The van der Waals surface area contributed by atoms with Crippen molar-refractivity contribution in [1.29, 1.82) is 0 Å². The molecule has 1 heterocycles. The van der Waals surface area contributed by atoms with Gasteiger partial charge in [0, 0.05) is 24.1 Å². The van der Waals surface area contributed by atoms with Gasteiger partial charge in [-0.3, -0.25) is 0 Å². The molecule has 1 aliphatic carbocycles. The molecule has 6 heteroatoms. The van der Waals surface area contributed by atoms with E-state index in [0.29, 0.717) is 16.3 Å². The first kappa shape index (κ1) is 14.4. The van der Waals surface area contributed by atoms with Gasteiger partial charge in [-0.25, -0.2) is 4.39 Å². The van der Waals surface area contributed by atoms with Crippen molar-refractivity contribution in [3.05, 3.63) is 29.0 Å². The lowest BCUT2D eigenvalue weighted by Crippen LogP contribution is -2.17. The van der Waals surface area contributed by atoms with Crippen LogP contribution >= 0.6 is 11.3 Å². The first-order chi connectivity index (χ1) is 10.3. The van der Waals surface area contributed by atoms with Gasteiger partial charge in [-0.15, -0.1) is 10.2 Å². The van der Waals surface area contributed by atoms with Crippen molar-refractivity contribution < 1.29 is 9.13 Å². The van der Waals surface area contributed by atoms with Crippen LogP contribution in [-0.2, 0) is 6.42 Å². The molecule has 3 rings (SSSR count). The molecule has 0 saturated heterocycles. The Labute approximate surface area is 127 Å². The van der Waals surface area contributed by atoms with E-state index >= 15 is 0 Å². The van der Waals surface area contributed by atoms with Gasteiger partial charge in [0.15, 0.2) is 5.01 Å². The third-order valence-electron chi connectivity index (χ3n) is 3.45. The zero-order chi connectivity index (χ0) is 14.7. The molecule has 0 radical (unpaired) electrons. The van der Waals surface area contributed by atoms with Gasteiger partial charge in [0.2, 0.25) is 0 Å². The first-order valence-corrected chi connectivity index (χ1v) is 7.97. The number of nitrogens with one attached hydrogen (secondary N) is 1. The fourth-order valence-electron chi connectivity index (χ4n) is 2.09. The van der Waals surface area contributed by atoms with Crippen molar-refractivity contribution in [3.8, 4) is 16.3 Å². The Balaban J connectivity index is 1.60. The molecular formula is C15H18FN3OS. The van der Waals surface area contributed by atoms with Crippen LogP contribution in [0.15, 0.2) is 18.2 Å². The minimum Gasteiger partial charge on any atom is -0.497 e. The maximum absolute atomic E-state index is 14.0. The van der Waals surface area contributed by atoms with Gasteiger partial charge < -0.3 is 10.1 Å². The molecule has 0 bridgehead atoms. The number of aryl methyl sites for hydroxylation is 1. The molecule has 4 nitrogen and oxygen atoms in total. The number of methoxy groups -OCH3 is 1. The van der Waals surface area contributed by atoms with Crippen molar-refractivity contribution in [2.75, 3.05) is 13.7 Å². The fraction of sp³-hybridized carbons (Fsp3) is 0.467. The average Bonchev–Trinajstić information content (AvgIpc) is 3.21. The largest absolute Gasteiger partial charge is 0.497 e. The molecular weight excluding hydrogens is 289 g/mol. The van der Waals surface area contributed by atoms with Crippen molar-refractivity contribution in [3.63, 3.8) is 0 Å². The summed E-state index contributed by atoms with van der Waals surface area (Å²) in [6.07, 6.45) is 4.53. The molecule has 0 unspecified atom stereocenters.